The highest BCUT2D eigenvalue weighted by molar-refractivity contribution is 6.11. The smallest absolute Gasteiger partial charge is 0.336 e. The molecule has 1 atom stereocenters. The van der Waals surface area contributed by atoms with E-state index in [4.69, 9.17) is 4.42 Å². The molecule has 0 aromatic heterocycles. The Labute approximate surface area is 223 Å². The van der Waals surface area contributed by atoms with E-state index in [1.807, 2.05) is 31.3 Å². The number of likely N-dealkylation sites (N-methyl/N-ethyl adjacent to an activating group) is 1. The number of fused-ring (bicyclic) bond motifs is 2. The van der Waals surface area contributed by atoms with Crippen molar-refractivity contribution in [3.63, 3.8) is 0 Å². The average Bonchev–Trinajstić information content (AvgIpc) is 2.92. The van der Waals surface area contributed by atoms with E-state index in [0.717, 1.165) is 12.0 Å². The predicted octanol–water partition coefficient (Wildman–Crippen LogP) is 5.37. The molecular weight excluding hydrogens is 496 g/mol. The summed E-state index contributed by atoms with van der Waals surface area (Å²) in [5.74, 6) is -1.40. The van der Waals surface area contributed by atoms with E-state index in [9.17, 15) is 24.6 Å². The van der Waals surface area contributed by atoms with Gasteiger partial charge in [-0.2, -0.15) is 0 Å². The van der Waals surface area contributed by atoms with Crippen molar-refractivity contribution in [2.45, 2.75) is 19.4 Å². The summed E-state index contributed by atoms with van der Waals surface area (Å²) < 4.78 is 5.88. The molecular formula is C31H26N2O6. The van der Waals surface area contributed by atoms with E-state index in [2.05, 4.69) is 17.6 Å². The van der Waals surface area contributed by atoms with E-state index in [0.29, 0.717) is 28.2 Å². The molecule has 0 spiro atoms. The molecule has 0 fully saturated rings. The van der Waals surface area contributed by atoms with Gasteiger partial charge in [-0.3, -0.25) is 9.59 Å². The quantitative estimate of drug-likeness (QED) is 0.212. The van der Waals surface area contributed by atoms with Crippen LogP contribution in [0.15, 0.2) is 88.1 Å². The van der Waals surface area contributed by atoms with Crippen LogP contribution in [0.1, 0.15) is 33.2 Å². The lowest BCUT2D eigenvalue weighted by Crippen LogP contribution is -2.23. The molecule has 5 rings (SSSR count). The van der Waals surface area contributed by atoms with Gasteiger partial charge in [0, 0.05) is 45.9 Å². The third-order valence-corrected chi connectivity index (χ3v) is 6.70. The van der Waals surface area contributed by atoms with Crippen LogP contribution in [0.3, 0.4) is 0 Å². The molecule has 0 radical (unpaired) electrons. The standard InChI is InChI=1S/C31H26N2O6/c1-17(32-2)13-18-3-6-20(7-4-18)33-30(36)19-5-10-23(31(37)38)26(14-19)29-24-11-8-21(34)15-27(24)39-28-16-22(35)9-12-25(28)29/h3-12,14-17,32,34H,13H2,1-2H3,(H,33,36)(H,37,38)/t17-/m0/s1. The third kappa shape index (κ3) is 5.23. The second-order valence-corrected chi connectivity index (χ2v) is 9.43. The van der Waals surface area contributed by atoms with Crippen molar-refractivity contribution in [2.24, 2.45) is 0 Å². The van der Waals surface area contributed by atoms with Crippen LogP contribution < -0.4 is 16.1 Å². The first kappa shape index (κ1) is 25.7. The molecule has 2 aliphatic rings. The van der Waals surface area contributed by atoms with E-state index in [-0.39, 0.29) is 39.2 Å². The lowest BCUT2D eigenvalue weighted by molar-refractivity contribution is 0.0697. The van der Waals surface area contributed by atoms with Crippen molar-refractivity contribution >= 4 is 28.5 Å². The maximum absolute atomic E-state index is 13.2. The molecule has 3 aromatic rings. The first-order chi connectivity index (χ1) is 18.7. The Bertz CT molecular complexity index is 1740. The Hall–Kier alpha value is -4.95. The molecule has 0 bridgehead atoms. The lowest BCUT2D eigenvalue weighted by Gasteiger charge is -2.17. The molecule has 39 heavy (non-hydrogen) atoms. The fourth-order valence-electron chi connectivity index (χ4n) is 4.61. The number of carbonyl (C=O) groups is 2. The number of aromatic hydroxyl groups is 1. The fraction of sp³-hybridized carbons (Fsp3) is 0.129. The minimum absolute atomic E-state index is 0.0253. The van der Waals surface area contributed by atoms with Crippen LogP contribution in [0.5, 0.6) is 5.75 Å². The molecule has 1 aliphatic heterocycles. The van der Waals surface area contributed by atoms with Crippen LogP contribution in [0.2, 0.25) is 0 Å². The Balaban J connectivity index is 1.60. The number of carbonyl (C=O) groups excluding carboxylic acids is 1. The van der Waals surface area contributed by atoms with Gasteiger partial charge in [-0.1, -0.05) is 12.1 Å². The van der Waals surface area contributed by atoms with Crippen LogP contribution >= 0.6 is 0 Å². The zero-order valence-electron chi connectivity index (χ0n) is 21.3. The normalized spacial score (nSPS) is 11.9. The van der Waals surface area contributed by atoms with E-state index >= 15 is 0 Å². The molecule has 0 saturated carbocycles. The monoisotopic (exact) mass is 522 g/mol. The highest BCUT2D eigenvalue weighted by atomic mass is 16.4. The van der Waals surface area contributed by atoms with Gasteiger partial charge in [0.1, 0.15) is 17.1 Å². The summed E-state index contributed by atoms with van der Waals surface area (Å²) in [4.78, 5) is 37.6. The van der Waals surface area contributed by atoms with Gasteiger partial charge in [0.05, 0.1) is 5.56 Å². The molecule has 0 unspecified atom stereocenters. The van der Waals surface area contributed by atoms with Crippen LogP contribution in [0, 0.1) is 0 Å². The van der Waals surface area contributed by atoms with Gasteiger partial charge in [-0.15, -0.1) is 0 Å². The number of nitrogens with one attached hydrogen (secondary N) is 2. The van der Waals surface area contributed by atoms with Crippen molar-refractivity contribution in [3.8, 4) is 28.2 Å². The molecule has 1 aliphatic carbocycles. The number of hydrogen-bond donors (Lipinski definition) is 4. The lowest BCUT2D eigenvalue weighted by atomic mass is 9.89. The highest BCUT2D eigenvalue weighted by Crippen LogP contribution is 2.42. The fourth-order valence-corrected chi connectivity index (χ4v) is 4.61. The van der Waals surface area contributed by atoms with Crippen LogP contribution in [-0.2, 0) is 6.42 Å². The Morgan fingerprint density at radius 1 is 0.923 bits per heavy atom. The number of benzene rings is 4. The van der Waals surface area contributed by atoms with E-state index < -0.39 is 11.9 Å². The number of phenolic OH excluding ortho intramolecular Hbond substituents is 1. The molecule has 1 amide bonds. The van der Waals surface area contributed by atoms with Crippen molar-refractivity contribution in [2.75, 3.05) is 12.4 Å². The summed E-state index contributed by atoms with van der Waals surface area (Å²) >= 11 is 0. The van der Waals surface area contributed by atoms with Gasteiger partial charge in [-0.25, -0.2) is 4.79 Å². The second kappa shape index (κ2) is 10.4. The maximum Gasteiger partial charge on any atom is 0.336 e. The Kier molecular flexibility index (Phi) is 6.87. The van der Waals surface area contributed by atoms with Crippen LogP contribution in [0.25, 0.3) is 33.4 Å². The Morgan fingerprint density at radius 2 is 1.69 bits per heavy atom. The summed E-state index contributed by atoms with van der Waals surface area (Å²) in [6, 6.07) is 21.0. The molecule has 3 aromatic carbocycles. The van der Waals surface area contributed by atoms with Gasteiger partial charge in [0.15, 0.2) is 5.43 Å². The maximum atomic E-state index is 13.2. The number of phenols is 1. The van der Waals surface area contributed by atoms with Crippen molar-refractivity contribution in [1.29, 1.82) is 0 Å². The van der Waals surface area contributed by atoms with Crippen LogP contribution in [0.4, 0.5) is 5.69 Å². The topological polar surface area (TPSA) is 129 Å². The summed E-state index contributed by atoms with van der Waals surface area (Å²) in [7, 11) is 1.91. The van der Waals surface area contributed by atoms with Crippen molar-refractivity contribution in [1.82, 2.24) is 5.32 Å². The molecule has 196 valence electrons. The highest BCUT2D eigenvalue weighted by Gasteiger charge is 2.23. The number of carboxylic acid groups (broad SMARTS) is 1. The van der Waals surface area contributed by atoms with Crippen LogP contribution in [-0.4, -0.2) is 35.2 Å². The number of carboxylic acids is 1. The number of rotatable bonds is 7. The minimum atomic E-state index is -1.18. The van der Waals surface area contributed by atoms with Gasteiger partial charge < -0.3 is 25.3 Å². The number of aromatic carboxylic acids is 1. The predicted molar refractivity (Wildman–Crippen MR) is 150 cm³/mol. The van der Waals surface area contributed by atoms with E-state index in [1.54, 1.807) is 12.1 Å². The Morgan fingerprint density at radius 3 is 2.41 bits per heavy atom. The average molecular weight is 523 g/mol. The first-order valence-corrected chi connectivity index (χ1v) is 12.4. The van der Waals surface area contributed by atoms with Crippen molar-refractivity contribution < 1.29 is 24.2 Å². The first-order valence-electron chi connectivity index (χ1n) is 12.4. The van der Waals surface area contributed by atoms with Crippen molar-refractivity contribution in [3.05, 3.63) is 106 Å². The zero-order valence-corrected chi connectivity index (χ0v) is 21.3. The summed E-state index contributed by atoms with van der Waals surface area (Å²) in [5.41, 5.74) is 3.20. The van der Waals surface area contributed by atoms with Gasteiger partial charge in [0.25, 0.3) is 5.91 Å². The second-order valence-electron chi connectivity index (χ2n) is 9.43. The summed E-state index contributed by atoms with van der Waals surface area (Å²) in [6.45, 7) is 2.09. The summed E-state index contributed by atoms with van der Waals surface area (Å²) in [5, 5.41) is 26.6. The molecule has 0 saturated heterocycles. The largest absolute Gasteiger partial charge is 0.508 e. The number of hydrogen-bond acceptors (Lipinski definition) is 6. The molecule has 8 nitrogen and oxygen atoms in total. The molecule has 1 heterocycles. The number of amides is 1. The minimum Gasteiger partial charge on any atom is -0.508 e. The molecule has 4 N–H and O–H groups in total. The number of anilines is 1. The summed E-state index contributed by atoms with van der Waals surface area (Å²) in [6.07, 6.45) is 0.849. The molecule has 8 heteroatoms. The van der Waals surface area contributed by atoms with E-state index in [1.165, 1.54) is 42.5 Å². The van der Waals surface area contributed by atoms with Gasteiger partial charge >= 0.3 is 5.97 Å². The SMILES string of the molecule is CN[C@@H](C)Cc1ccc(NC(=O)c2ccc(C(=O)O)c(-c3c4ccc(=O)cc-4oc4cc(O)ccc34)c2)cc1. The zero-order chi connectivity index (χ0) is 27.7. The van der Waals surface area contributed by atoms with Gasteiger partial charge in [-0.05, 0) is 86.1 Å². The van der Waals surface area contributed by atoms with Gasteiger partial charge in [0.2, 0.25) is 0 Å². The third-order valence-electron chi connectivity index (χ3n) is 6.70.